The molecule has 3 N–H and O–H groups in total. The fourth-order valence-electron chi connectivity index (χ4n) is 2.79. The first-order valence-electron chi connectivity index (χ1n) is 9.33. The van der Waals surface area contributed by atoms with Crippen molar-refractivity contribution < 1.29 is 24.4 Å². The van der Waals surface area contributed by atoms with Crippen molar-refractivity contribution in [1.82, 2.24) is 15.7 Å². The number of hydroxylamine groups is 1. The van der Waals surface area contributed by atoms with E-state index in [1.165, 1.54) is 45.6 Å². The van der Waals surface area contributed by atoms with E-state index in [1.54, 1.807) is 36.4 Å². The molecule has 0 radical (unpaired) electrons. The maximum atomic E-state index is 12.8. The topological polar surface area (TPSA) is 116 Å². The van der Waals surface area contributed by atoms with Crippen molar-refractivity contribution in [3.05, 3.63) is 70.8 Å². The van der Waals surface area contributed by atoms with E-state index < -0.39 is 23.3 Å². The molecule has 160 valence electrons. The Balaban J connectivity index is 2.22. The third-order valence-electron chi connectivity index (χ3n) is 4.96. The second-order valence-electron chi connectivity index (χ2n) is 6.92. The molecule has 0 saturated heterocycles. The molecule has 0 aliphatic rings. The van der Waals surface area contributed by atoms with Crippen molar-refractivity contribution in [3.63, 3.8) is 0 Å². The van der Waals surface area contributed by atoms with Crippen LogP contribution in [0.3, 0.4) is 0 Å². The molecule has 0 bridgehead atoms. The van der Waals surface area contributed by atoms with Crippen molar-refractivity contribution in [2.24, 2.45) is 0 Å². The first kappa shape index (κ1) is 23.3. The third kappa shape index (κ3) is 4.97. The maximum Gasteiger partial charge on any atom is 0.278 e. The van der Waals surface area contributed by atoms with E-state index in [4.69, 9.17) is 5.21 Å². The van der Waals surface area contributed by atoms with Gasteiger partial charge in [0.1, 0.15) is 0 Å². The zero-order chi connectivity index (χ0) is 23.2. The number of amides is 3. The molecule has 0 fully saturated rings. The van der Waals surface area contributed by atoms with Gasteiger partial charge >= 0.3 is 0 Å². The number of carbonyl (C=O) groups excluding carboxylic acids is 4. The fourth-order valence-corrected chi connectivity index (χ4v) is 2.79. The van der Waals surface area contributed by atoms with Gasteiger partial charge in [-0.15, -0.1) is 0 Å². The number of nitrogens with zero attached hydrogens (tertiary/aromatic N) is 1. The molecular formula is C23H23N3O5. The molecule has 3 amide bonds. The van der Waals surface area contributed by atoms with Gasteiger partial charge in [0, 0.05) is 36.3 Å². The summed E-state index contributed by atoms with van der Waals surface area (Å²) < 4.78 is 0. The third-order valence-corrected chi connectivity index (χ3v) is 4.96. The molecule has 1 atom stereocenters. The Morgan fingerprint density at radius 2 is 1.32 bits per heavy atom. The van der Waals surface area contributed by atoms with Crippen LogP contribution in [0.1, 0.15) is 45.7 Å². The molecule has 2 aromatic rings. The van der Waals surface area contributed by atoms with Crippen LogP contribution in [0.25, 0.3) is 0 Å². The first-order chi connectivity index (χ1) is 14.6. The Labute approximate surface area is 180 Å². The summed E-state index contributed by atoms with van der Waals surface area (Å²) in [4.78, 5) is 49.4. The molecule has 0 saturated carbocycles. The van der Waals surface area contributed by atoms with Crippen molar-refractivity contribution in [2.75, 3.05) is 14.1 Å². The molecule has 2 aromatic carbocycles. The summed E-state index contributed by atoms with van der Waals surface area (Å²) in [6.45, 7) is 2.72. The zero-order valence-electron chi connectivity index (χ0n) is 17.6. The molecule has 0 aliphatic heterocycles. The van der Waals surface area contributed by atoms with E-state index >= 15 is 0 Å². The fraction of sp³-hybridized carbons (Fsp3) is 0.217. The van der Waals surface area contributed by atoms with E-state index in [9.17, 15) is 19.2 Å². The van der Waals surface area contributed by atoms with Gasteiger partial charge in [-0.2, -0.15) is 0 Å². The lowest BCUT2D eigenvalue weighted by molar-refractivity contribution is -0.148. The van der Waals surface area contributed by atoms with Crippen LogP contribution in [0.5, 0.6) is 0 Å². The average molecular weight is 421 g/mol. The van der Waals surface area contributed by atoms with Crippen LogP contribution in [0.15, 0.2) is 48.5 Å². The summed E-state index contributed by atoms with van der Waals surface area (Å²) in [7, 11) is 2.62. The first-order valence-corrected chi connectivity index (χ1v) is 9.33. The van der Waals surface area contributed by atoms with Gasteiger partial charge in [-0.3, -0.25) is 24.4 Å². The lowest BCUT2D eigenvalue weighted by atomic mass is 9.96. The van der Waals surface area contributed by atoms with E-state index in [0.717, 1.165) is 10.5 Å². The Bertz CT molecular complexity index is 1050. The van der Waals surface area contributed by atoms with Crippen LogP contribution in [-0.4, -0.2) is 53.2 Å². The number of Topliss-reactive ketones (excluding diaryl/α,β-unsaturated/α-hetero) is 1. The van der Waals surface area contributed by atoms with Crippen LogP contribution in [0.4, 0.5) is 0 Å². The van der Waals surface area contributed by atoms with Crippen LogP contribution in [0, 0.1) is 11.8 Å². The summed E-state index contributed by atoms with van der Waals surface area (Å²) in [6, 6.07) is 13.3. The normalized spacial score (nSPS) is 11.9. The minimum absolute atomic E-state index is 0.0197. The standard InChI is InChI=1S/C23H23N3O5/c1-15(27)18-11-7-16(8-12-18)5-6-17-9-13-19(14-10-17)20(28)26(4)23(2,21(29)24-3)22(30)25-31/h7-14,31H,1-4H3,(H,24,29)(H,25,30)/t23-/m0/s1. The zero-order valence-corrected chi connectivity index (χ0v) is 17.6. The van der Waals surface area contributed by atoms with Crippen LogP contribution in [-0.2, 0) is 9.59 Å². The number of likely N-dealkylation sites (N-methyl/N-ethyl adjacent to an activating group) is 2. The Morgan fingerprint density at radius 1 is 0.871 bits per heavy atom. The SMILES string of the molecule is CNC(=O)[C@@](C)(C(=O)NO)N(C)C(=O)c1ccc(C#Cc2ccc(C(C)=O)cc2)cc1. The maximum absolute atomic E-state index is 12.8. The minimum atomic E-state index is -1.95. The van der Waals surface area contributed by atoms with Crippen LogP contribution >= 0.6 is 0 Å². The number of hydrogen-bond acceptors (Lipinski definition) is 5. The number of hydrogen-bond donors (Lipinski definition) is 3. The molecule has 31 heavy (non-hydrogen) atoms. The van der Waals surface area contributed by atoms with Gasteiger partial charge in [0.15, 0.2) is 11.3 Å². The molecular weight excluding hydrogens is 398 g/mol. The lowest BCUT2D eigenvalue weighted by Crippen LogP contribution is -2.64. The number of rotatable bonds is 5. The molecule has 0 aromatic heterocycles. The highest BCUT2D eigenvalue weighted by atomic mass is 16.5. The van der Waals surface area contributed by atoms with E-state index in [0.29, 0.717) is 11.1 Å². The highest BCUT2D eigenvalue weighted by Crippen LogP contribution is 2.18. The predicted molar refractivity (Wildman–Crippen MR) is 113 cm³/mol. The molecule has 0 unspecified atom stereocenters. The summed E-state index contributed by atoms with van der Waals surface area (Å²) in [6.07, 6.45) is 0. The quantitative estimate of drug-likeness (QED) is 0.222. The Morgan fingerprint density at radius 3 is 1.71 bits per heavy atom. The summed E-state index contributed by atoms with van der Waals surface area (Å²) >= 11 is 0. The number of ketones is 1. The number of benzene rings is 2. The monoisotopic (exact) mass is 421 g/mol. The van der Waals surface area contributed by atoms with Crippen molar-refractivity contribution in [1.29, 1.82) is 0 Å². The van der Waals surface area contributed by atoms with Gasteiger partial charge in [0.05, 0.1) is 0 Å². The molecule has 0 aliphatic carbocycles. The lowest BCUT2D eigenvalue weighted by Gasteiger charge is -2.34. The number of carbonyl (C=O) groups is 4. The van der Waals surface area contributed by atoms with Gasteiger partial charge < -0.3 is 10.2 Å². The van der Waals surface area contributed by atoms with Gasteiger partial charge in [-0.1, -0.05) is 24.0 Å². The molecule has 8 heteroatoms. The van der Waals surface area contributed by atoms with Gasteiger partial charge in [0.25, 0.3) is 17.7 Å². The highest BCUT2D eigenvalue weighted by Gasteiger charge is 2.47. The van der Waals surface area contributed by atoms with E-state index in [-0.39, 0.29) is 11.3 Å². The van der Waals surface area contributed by atoms with Crippen LogP contribution in [0.2, 0.25) is 0 Å². The van der Waals surface area contributed by atoms with Crippen molar-refractivity contribution in [2.45, 2.75) is 19.4 Å². The van der Waals surface area contributed by atoms with E-state index in [1.807, 2.05) is 0 Å². The largest absolute Gasteiger partial charge is 0.357 e. The van der Waals surface area contributed by atoms with Crippen LogP contribution < -0.4 is 10.8 Å². The van der Waals surface area contributed by atoms with Gasteiger partial charge in [0.2, 0.25) is 0 Å². The molecule has 0 spiro atoms. The molecule has 2 rings (SSSR count). The summed E-state index contributed by atoms with van der Waals surface area (Å²) in [5.41, 5.74) is 1.71. The molecule has 0 heterocycles. The summed E-state index contributed by atoms with van der Waals surface area (Å²) in [5, 5.41) is 11.3. The van der Waals surface area contributed by atoms with Crippen molar-refractivity contribution in [3.8, 4) is 11.8 Å². The van der Waals surface area contributed by atoms with E-state index in [2.05, 4.69) is 17.2 Å². The van der Waals surface area contributed by atoms with Gasteiger partial charge in [-0.25, -0.2) is 5.48 Å². The Kier molecular flexibility index (Phi) is 7.29. The van der Waals surface area contributed by atoms with Crippen molar-refractivity contribution >= 4 is 23.5 Å². The minimum Gasteiger partial charge on any atom is -0.357 e. The smallest absolute Gasteiger partial charge is 0.278 e. The highest BCUT2D eigenvalue weighted by molar-refractivity contribution is 6.12. The summed E-state index contributed by atoms with van der Waals surface area (Å²) in [5.74, 6) is 3.54. The predicted octanol–water partition coefficient (Wildman–Crippen LogP) is 1.37. The second-order valence-corrected chi connectivity index (χ2v) is 6.92. The average Bonchev–Trinajstić information content (AvgIpc) is 2.80. The molecule has 8 nitrogen and oxygen atoms in total. The number of nitrogens with one attached hydrogen (secondary N) is 2. The van der Waals surface area contributed by atoms with Gasteiger partial charge in [-0.05, 0) is 50.2 Å². The Hall–Kier alpha value is -3.96. The second kappa shape index (κ2) is 9.69.